The molecular formula is C17H32O3. The standard InChI is InChI=1S/C17H32O3/c1-4-5-6-7-8-9-10-11-12-13-14-20-17(19)15(2)16(3)18/h15H,4-14H2,1-3H3. The number of hydrogen-bond donors (Lipinski definition) is 0. The molecule has 0 aliphatic carbocycles. The first kappa shape index (κ1) is 19.1. The molecule has 0 saturated heterocycles. The van der Waals surface area contributed by atoms with Crippen LogP contribution in [0.3, 0.4) is 0 Å². The molecule has 3 heteroatoms. The molecular weight excluding hydrogens is 252 g/mol. The van der Waals surface area contributed by atoms with Crippen molar-refractivity contribution in [1.29, 1.82) is 0 Å². The van der Waals surface area contributed by atoms with Gasteiger partial charge in [0.15, 0.2) is 0 Å². The molecule has 1 atom stereocenters. The van der Waals surface area contributed by atoms with Crippen LogP contribution in [-0.4, -0.2) is 18.4 Å². The second-order valence-corrected chi connectivity index (χ2v) is 5.68. The first-order valence-corrected chi connectivity index (χ1v) is 8.26. The second kappa shape index (κ2) is 13.1. The molecule has 0 N–H and O–H groups in total. The van der Waals surface area contributed by atoms with Crippen LogP contribution in [0.1, 0.15) is 85.0 Å². The number of esters is 1. The fraction of sp³-hybridized carbons (Fsp3) is 0.882. The van der Waals surface area contributed by atoms with Crippen LogP contribution in [0.5, 0.6) is 0 Å². The van der Waals surface area contributed by atoms with E-state index < -0.39 is 5.92 Å². The molecule has 0 amide bonds. The summed E-state index contributed by atoms with van der Waals surface area (Å²) in [6, 6.07) is 0. The Kier molecular flexibility index (Phi) is 12.6. The minimum absolute atomic E-state index is 0.127. The van der Waals surface area contributed by atoms with E-state index in [0.29, 0.717) is 6.61 Å². The van der Waals surface area contributed by atoms with Crippen molar-refractivity contribution in [1.82, 2.24) is 0 Å². The van der Waals surface area contributed by atoms with E-state index in [1.165, 1.54) is 58.3 Å². The molecule has 0 aromatic carbocycles. The van der Waals surface area contributed by atoms with Crippen LogP contribution in [0.25, 0.3) is 0 Å². The molecule has 3 nitrogen and oxygen atoms in total. The third-order valence-electron chi connectivity index (χ3n) is 3.71. The Labute approximate surface area is 124 Å². The van der Waals surface area contributed by atoms with Gasteiger partial charge in [-0.15, -0.1) is 0 Å². The van der Waals surface area contributed by atoms with Gasteiger partial charge in [-0.2, -0.15) is 0 Å². The lowest BCUT2D eigenvalue weighted by molar-refractivity contribution is -0.150. The number of carbonyl (C=O) groups is 2. The lowest BCUT2D eigenvalue weighted by Gasteiger charge is -2.08. The van der Waals surface area contributed by atoms with Gasteiger partial charge in [0.25, 0.3) is 0 Å². The maximum atomic E-state index is 11.4. The first-order valence-electron chi connectivity index (χ1n) is 8.26. The predicted octanol–water partition coefficient (Wildman–Crippen LogP) is 4.68. The molecule has 0 radical (unpaired) electrons. The molecule has 0 bridgehead atoms. The van der Waals surface area contributed by atoms with E-state index in [1.54, 1.807) is 6.92 Å². The molecule has 20 heavy (non-hydrogen) atoms. The molecule has 0 fully saturated rings. The van der Waals surface area contributed by atoms with E-state index in [9.17, 15) is 9.59 Å². The molecule has 0 spiro atoms. The van der Waals surface area contributed by atoms with Gasteiger partial charge < -0.3 is 4.74 Å². The van der Waals surface area contributed by atoms with Crippen LogP contribution < -0.4 is 0 Å². The highest BCUT2D eigenvalue weighted by Gasteiger charge is 2.18. The molecule has 1 unspecified atom stereocenters. The molecule has 0 aromatic rings. The van der Waals surface area contributed by atoms with Crippen LogP contribution in [0, 0.1) is 5.92 Å². The largest absolute Gasteiger partial charge is 0.465 e. The Hall–Kier alpha value is -0.860. The van der Waals surface area contributed by atoms with Gasteiger partial charge in [-0.1, -0.05) is 64.7 Å². The van der Waals surface area contributed by atoms with Crippen molar-refractivity contribution in [2.75, 3.05) is 6.61 Å². The number of Topliss-reactive ketones (excluding diaryl/α,β-unsaturated/α-hetero) is 1. The zero-order chi connectivity index (χ0) is 15.2. The SMILES string of the molecule is CCCCCCCCCCCCOC(=O)C(C)C(C)=O. The van der Waals surface area contributed by atoms with Crippen molar-refractivity contribution in [2.24, 2.45) is 5.92 Å². The number of ether oxygens (including phenoxy) is 1. The monoisotopic (exact) mass is 284 g/mol. The van der Waals surface area contributed by atoms with Gasteiger partial charge in [0.1, 0.15) is 11.7 Å². The lowest BCUT2D eigenvalue weighted by atomic mass is 10.1. The van der Waals surface area contributed by atoms with Gasteiger partial charge >= 0.3 is 5.97 Å². The summed E-state index contributed by atoms with van der Waals surface area (Å²) in [5.74, 6) is -1.12. The van der Waals surface area contributed by atoms with Gasteiger partial charge in [-0.05, 0) is 20.3 Å². The fourth-order valence-corrected chi connectivity index (χ4v) is 2.05. The number of ketones is 1. The quantitative estimate of drug-likeness (QED) is 0.280. The minimum Gasteiger partial charge on any atom is -0.465 e. The van der Waals surface area contributed by atoms with E-state index in [4.69, 9.17) is 4.74 Å². The van der Waals surface area contributed by atoms with E-state index in [2.05, 4.69) is 6.92 Å². The molecule has 0 heterocycles. The third-order valence-corrected chi connectivity index (χ3v) is 3.71. The van der Waals surface area contributed by atoms with Gasteiger partial charge in [0, 0.05) is 0 Å². The van der Waals surface area contributed by atoms with Crippen molar-refractivity contribution < 1.29 is 14.3 Å². The zero-order valence-electron chi connectivity index (χ0n) is 13.6. The van der Waals surface area contributed by atoms with Crippen molar-refractivity contribution >= 4 is 11.8 Å². The highest BCUT2D eigenvalue weighted by molar-refractivity contribution is 5.97. The maximum Gasteiger partial charge on any atom is 0.316 e. The van der Waals surface area contributed by atoms with Crippen molar-refractivity contribution in [3.63, 3.8) is 0 Å². The van der Waals surface area contributed by atoms with Crippen molar-refractivity contribution in [2.45, 2.75) is 85.0 Å². The topological polar surface area (TPSA) is 43.4 Å². The molecule has 118 valence electrons. The van der Waals surface area contributed by atoms with Crippen molar-refractivity contribution in [3.05, 3.63) is 0 Å². The Balaban J connectivity index is 3.24. The number of carbonyl (C=O) groups excluding carboxylic acids is 2. The number of hydrogen-bond acceptors (Lipinski definition) is 3. The smallest absolute Gasteiger partial charge is 0.316 e. The summed E-state index contributed by atoms with van der Waals surface area (Å²) < 4.78 is 5.08. The Bertz CT molecular complexity index is 261. The zero-order valence-corrected chi connectivity index (χ0v) is 13.6. The van der Waals surface area contributed by atoms with Crippen LogP contribution in [0.2, 0.25) is 0 Å². The summed E-state index contributed by atoms with van der Waals surface area (Å²) in [5, 5.41) is 0. The van der Waals surface area contributed by atoms with Gasteiger partial charge in [0.05, 0.1) is 6.61 Å². The van der Waals surface area contributed by atoms with Crippen LogP contribution in [0.4, 0.5) is 0 Å². The number of rotatable bonds is 13. The molecule has 0 aromatic heterocycles. The summed E-state index contributed by atoms with van der Waals surface area (Å²) in [6.45, 7) is 5.71. The Morgan fingerprint density at radius 1 is 0.850 bits per heavy atom. The maximum absolute atomic E-state index is 11.4. The average molecular weight is 284 g/mol. The van der Waals surface area contributed by atoms with Gasteiger partial charge in [0.2, 0.25) is 0 Å². The lowest BCUT2D eigenvalue weighted by Crippen LogP contribution is -2.21. The van der Waals surface area contributed by atoms with Crippen LogP contribution >= 0.6 is 0 Å². The molecule has 0 saturated carbocycles. The van der Waals surface area contributed by atoms with E-state index in [1.807, 2.05) is 0 Å². The third kappa shape index (κ3) is 11.0. The summed E-state index contributed by atoms with van der Waals surface area (Å²) >= 11 is 0. The average Bonchev–Trinajstić information content (AvgIpc) is 2.43. The van der Waals surface area contributed by atoms with Gasteiger partial charge in [-0.25, -0.2) is 0 Å². The molecule has 0 aliphatic heterocycles. The summed E-state index contributed by atoms with van der Waals surface area (Å²) in [7, 11) is 0. The Morgan fingerprint density at radius 2 is 1.30 bits per heavy atom. The van der Waals surface area contributed by atoms with E-state index >= 15 is 0 Å². The fourth-order valence-electron chi connectivity index (χ4n) is 2.05. The first-order chi connectivity index (χ1) is 9.59. The van der Waals surface area contributed by atoms with Crippen molar-refractivity contribution in [3.8, 4) is 0 Å². The molecule has 0 rings (SSSR count). The summed E-state index contributed by atoms with van der Waals surface area (Å²) in [6.07, 6.45) is 12.6. The number of unbranched alkanes of at least 4 members (excludes halogenated alkanes) is 9. The Morgan fingerprint density at radius 3 is 1.75 bits per heavy atom. The summed E-state index contributed by atoms with van der Waals surface area (Å²) in [5.41, 5.74) is 0. The minimum atomic E-state index is -0.613. The normalized spacial score (nSPS) is 12.2. The van der Waals surface area contributed by atoms with Crippen LogP contribution in [-0.2, 0) is 14.3 Å². The second-order valence-electron chi connectivity index (χ2n) is 5.68. The predicted molar refractivity (Wildman–Crippen MR) is 82.6 cm³/mol. The highest BCUT2D eigenvalue weighted by Crippen LogP contribution is 2.10. The van der Waals surface area contributed by atoms with Crippen LogP contribution in [0.15, 0.2) is 0 Å². The van der Waals surface area contributed by atoms with E-state index in [0.717, 1.165) is 12.8 Å². The van der Waals surface area contributed by atoms with E-state index in [-0.39, 0.29) is 11.8 Å². The highest BCUT2D eigenvalue weighted by atomic mass is 16.5. The van der Waals surface area contributed by atoms with Gasteiger partial charge in [-0.3, -0.25) is 9.59 Å². The summed E-state index contributed by atoms with van der Waals surface area (Å²) in [4.78, 5) is 22.4. The molecule has 0 aliphatic rings.